The zero-order valence-corrected chi connectivity index (χ0v) is 14.9. The van der Waals surface area contributed by atoms with E-state index in [1.165, 1.54) is 38.5 Å². The van der Waals surface area contributed by atoms with Gasteiger partial charge in [0.2, 0.25) is 0 Å². The highest BCUT2D eigenvalue weighted by Gasteiger charge is 2.50. The molecule has 4 fully saturated rings. The quantitative estimate of drug-likeness (QED) is 0.378. The van der Waals surface area contributed by atoms with Crippen LogP contribution in [0.3, 0.4) is 0 Å². The van der Waals surface area contributed by atoms with Gasteiger partial charge in [0, 0.05) is 17.8 Å². The molecule has 4 N–H and O–H groups in total. The lowest BCUT2D eigenvalue weighted by Gasteiger charge is -2.57. The van der Waals surface area contributed by atoms with Crippen molar-refractivity contribution >= 4 is 18.2 Å². The molecule has 0 radical (unpaired) electrons. The molecular formula is C15H29N2O3PS. The normalized spacial score (nSPS) is 36.9. The van der Waals surface area contributed by atoms with Gasteiger partial charge in [0.1, 0.15) is 0 Å². The third kappa shape index (κ3) is 4.71. The third-order valence-corrected chi connectivity index (χ3v) is 7.89. The first kappa shape index (κ1) is 17.2. The maximum absolute atomic E-state index is 10.7. The molecule has 0 amide bonds. The fourth-order valence-electron chi connectivity index (χ4n) is 5.26. The summed E-state index contributed by atoms with van der Waals surface area (Å²) in [5.41, 5.74) is 0.449. The Balaban J connectivity index is 1.27. The second-order valence-electron chi connectivity index (χ2n) is 7.55. The molecule has 0 spiro atoms. The van der Waals surface area contributed by atoms with Gasteiger partial charge in [-0.25, -0.2) is 4.57 Å². The molecule has 0 atom stereocenters. The van der Waals surface area contributed by atoms with Gasteiger partial charge in [0.25, 0.3) is 0 Å². The maximum Gasteiger partial charge on any atom is 0.384 e. The predicted molar refractivity (Wildman–Crippen MR) is 90.9 cm³/mol. The van der Waals surface area contributed by atoms with Crippen LogP contribution in [0.25, 0.3) is 0 Å². The van der Waals surface area contributed by atoms with Crippen LogP contribution in [0.15, 0.2) is 0 Å². The first-order valence-corrected chi connectivity index (χ1v) is 11.8. The van der Waals surface area contributed by atoms with Crippen molar-refractivity contribution in [3.63, 3.8) is 0 Å². The molecule has 0 heterocycles. The van der Waals surface area contributed by atoms with Crippen LogP contribution in [0.2, 0.25) is 0 Å². The number of nitrogens with one attached hydrogen (secondary N) is 2. The number of rotatable bonds is 9. The molecule has 0 aliphatic heterocycles. The molecule has 4 saturated carbocycles. The average Bonchev–Trinajstić information content (AvgIpc) is 2.39. The van der Waals surface area contributed by atoms with Gasteiger partial charge >= 0.3 is 6.80 Å². The molecule has 4 bridgehead atoms. The Kier molecular flexibility index (Phi) is 5.58. The minimum atomic E-state index is -3.90. The SMILES string of the molecule is O=P(O)(O)SCCNCCCNC12CC3CC(CC(C3)C1)C2. The summed E-state index contributed by atoms with van der Waals surface area (Å²) >= 11 is 0.725. The summed E-state index contributed by atoms with van der Waals surface area (Å²) in [5, 5.41) is 7.14. The van der Waals surface area contributed by atoms with E-state index in [-0.39, 0.29) is 0 Å². The Bertz CT molecular complexity index is 394. The molecule has 4 rings (SSSR count). The van der Waals surface area contributed by atoms with Gasteiger partial charge in [-0.15, -0.1) is 0 Å². The van der Waals surface area contributed by atoms with E-state index < -0.39 is 6.80 Å². The molecule has 0 saturated heterocycles. The maximum atomic E-state index is 10.7. The molecule has 22 heavy (non-hydrogen) atoms. The minimum Gasteiger partial charge on any atom is -0.317 e. The van der Waals surface area contributed by atoms with E-state index in [4.69, 9.17) is 9.79 Å². The monoisotopic (exact) mass is 348 g/mol. The lowest BCUT2D eigenvalue weighted by Crippen LogP contribution is -2.58. The van der Waals surface area contributed by atoms with Gasteiger partial charge in [0.05, 0.1) is 0 Å². The second kappa shape index (κ2) is 7.12. The average molecular weight is 348 g/mol. The second-order valence-corrected chi connectivity index (χ2v) is 11.4. The fourth-order valence-corrected chi connectivity index (χ4v) is 6.72. The van der Waals surface area contributed by atoms with Crippen LogP contribution >= 0.6 is 18.2 Å². The summed E-state index contributed by atoms with van der Waals surface area (Å²) in [7, 11) is 0. The van der Waals surface area contributed by atoms with E-state index in [1.54, 1.807) is 0 Å². The molecule has 0 aromatic carbocycles. The van der Waals surface area contributed by atoms with E-state index in [1.807, 2.05) is 0 Å². The van der Waals surface area contributed by atoms with Crippen molar-refractivity contribution < 1.29 is 14.4 Å². The van der Waals surface area contributed by atoms with Crippen molar-refractivity contribution in [1.82, 2.24) is 10.6 Å². The van der Waals surface area contributed by atoms with Crippen molar-refractivity contribution in [3.05, 3.63) is 0 Å². The van der Waals surface area contributed by atoms with Crippen LogP contribution in [0.4, 0.5) is 0 Å². The molecule has 7 heteroatoms. The first-order chi connectivity index (χ1) is 10.4. The van der Waals surface area contributed by atoms with Crippen LogP contribution in [-0.4, -0.2) is 40.7 Å². The standard InChI is InChI=1S/C15H29N2O3PS/c18-21(19,20)22-5-4-16-2-1-3-17-15-9-12-6-13(10-15)8-14(7-12)11-15/h12-14,16-17H,1-11H2,(H2,18,19,20). The number of hydrogen-bond donors (Lipinski definition) is 4. The van der Waals surface area contributed by atoms with Crippen LogP contribution in [0, 0.1) is 17.8 Å². The Morgan fingerprint density at radius 1 is 1.00 bits per heavy atom. The minimum absolute atomic E-state index is 0.449. The summed E-state index contributed by atoms with van der Waals surface area (Å²) in [5.74, 6) is 3.43. The summed E-state index contributed by atoms with van der Waals surface area (Å²) in [6.45, 7) is -1.26. The highest BCUT2D eigenvalue weighted by atomic mass is 32.7. The van der Waals surface area contributed by atoms with Gasteiger partial charge in [-0.3, -0.25) is 0 Å². The third-order valence-electron chi connectivity index (χ3n) is 5.61. The largest absolute Gasteiger partial charge is 0.384 e. The van der Waals surface area contributed by atoms with Crippen LogP contribution < -0.4 is 10.6 Å². The van der Waals surface area contributed by atoms with Crippen molar-refractivity contribution in [2.24, 2.45) is 17.8 Å². The highest BCUT2D eigenvalue weighted by molar-refractivity contribution is 8.54. The molecule has 0 aromatic heterocycles. The Hall–Kier alpha value is 0.420. The molecule has 4 aliphatic carbocycles. The van der Waals surface area contributed by atoms with E-state index in [2.05, 4.69) is 10.6 Å². The van der Waals surface area contributed by atoms with Crippen molar-refractivity contribution in [1.29, 1.82) is 0 Å². The summed E-state index contributed by atoms with van der Waals surface area (Å²) in [6.07, 6.45) is 9.73. The Labute approximate surface area is 137 Å². The fraction of sp³-hybridized carbons (Fsp3) is 1.00. The van der Waals surface area contributed by atoms with Crippen LogP contribution in [0.5, 0.6) is 0 Å². The Morgan fingerprint density at radius 2 is 1.59 bits per heavy atom. The Morgan fingerprint density at radius 3 is 2.14 bits per heavy atom. The van der Waals surface area contributed by atoms with Crippen LogP contribution in [0.1, 0.15) is 44.9 Å². The van der Waals surface area contributed by atoms with Gasteiger partial charge < -0.3 is 20.4 Å². The van der Waals surface area contributed by atoms with Gasteiger partial charge in [-0.1, -0.05) is 0 Å². The van der Waals surface area contributed by atoms with Gasteiger partial charge in [-0.05, 0) is 87.2 Å². The molecule has 5 nitrogen and oxygen atoms in total. The predicted octanol–water partition coefficient (Wildman–Crippen LogP) is 2.35. The first-order valence-electron chi connectivity index (χ1n) is 8.60. The van der Waals surface area contributed by atoms with Gasteiger partial charge in [-0.2, -0.15) is 0 Å². The number of hydrogen-bond acceptors (Lipinski definition) is 4. The topological polar surface area (TPSA) is 81.6 Å². The molecule has 4 aliphatic rings. The van der Waals surface area contributed by atoms with E-state index in [0.29, 0.717) is 17.8 Å². The summed E-state index contributed by atoms with van der Waals surface area (Å²) in [6, 6.07) is 0. The zero-order chi connectivity index (χ0) is 15.6. The van der Waals surface area contributed by atoms with E-state index in [9.17, 15) is 4.57 Å². The zero-order valence-electron chi connectivity index (χ0n) is 13.2. The smallest absolute Gasteiger partial charge is 0.317 e. The molecule has 0 aromatic rings. The molecule has 0 unspecified atom stereocenters. The summed E-state index contributed by atoms with van der Waals surface area (Å²) < 4.78 is 10.7. The highest BCUT2D eigenvalue weighted by Crippen LogP contribution is 2.55. The van der Waals surface area contributed by atoms with E-state index in [0.717, 1.165) is 48.6 Å². The van der Waals surface area contributed by atoms with Crippen molar-refractivity contribution in [2.45, 2.75) is 50.5 Å². The van der Waals surface area contributed by atoms with E-state index >= 15 is 0 Å². The van der Waals surface area contributed by atoms with Crippen molar-refractivity contribution in [2.75, 3.05) is 25.4 Å². The lowest BCUT2D eigenvalue weighted by molar-refractivity contribution is -0.0195. The van der Waals surface area contributed by atoms with Crippen molar-refractivity contribution in [3.8, 4) is 0 Å². The lowest BCUT2D eigenvalue weighted by atomic mass is 9.53. The molecular weight excluding hydrogens is 319 g/mol. The van der Waals surface area contributed by atoms with Crippen LogP contribution in [-0.2, 0) is 4.57 Å². The summed E-state index contributed by atoms with van der Waals surface area (Å²) in [4.78, 5) is 17.5. The van der Waals surface area contributed by atoms with Gasteiger partial charge in [0.15, 0.2) is 0 Å². The molecule has 128 valence electrons.